The molecule has 5 rings (SSSR count). The Morgan fingerprint density at radius 3 is 2.65 bits per heavy atom. The van der Waals surface area contributed by atoms with Crippen LogP contribution in [0, 0.1) is 0 Å². The minimum Gasteiger partial charge on any atom is -0.497 e. The highest BCUT2D eigenvalue weighted by Crippen LogP contribution is 2.42. The van der Waals surface area contributed by atoms with Crippen molar-refractivity contribution in [1.82, 2.24) is 15.5 Å². The number of hydrogen-bond acceptors (Lipinski definition) is 8. The second-order valence-electron chi connectivity index (χ2n) is 6.68. The van der Waals surface area contributed by atoms with E-state index in [4.69, 9.17) is 9.15 Å². The van der Waals surface area contributed by atoms with Crippen LogP contribution >= 0.6 is 11.8 Å². The van der Waals surface area contributed by atoms with Crippen LogP contribution in [-0.2, 0) is 9.59 Å². The summed E-state index contributed by atoms with van der Waals surface area (Å²) in [6.45, 7) is 0. The van der Waals surface area contributed by atoms with E-state index < -0.39 is 5.91 Å². The van der Waals surface area contributed by atoms with Gasteiger partial charge in [-0.2, -0.15) is 4.99 Å². The average Bonchev–Trinajstić information content (AvgIpc) is 3.46. The van der Waals surface area contributed by atoms with E-state index in [-0.39, 0.29) is 27.9 Å². The Balaban J connectivity index is 1.44. The van der Waals surface area contributed by atoms with E-state index in [1.165, 1.54) is 4.90 Å². The monoisotopic (exact) mass is 433 g/mol. The molecular formula is C21H15N5O4S. The molecule has 1 aromatic heterocycles. The largest absolute Gasteiger partial charge is 0.497 e. The number of anilines is 1. The first-order valence-corrected chi connectivity index (χ1v) is 10.0. The number of carbonyl (C=O) groups excluding carboxylic acids is 2. The minimum atomic E-state index is -0.396. The summed E-state index contributed by atoms with van der Waals surface area (Å²) in [6.07, 6.45) is 0. The number of rotatable bonds is 3. The number of carbonyl (C=O) groups is 2. The number of nitrogens with one attached hydrogen (secondary N) is 1. The molecule has 1 fully saturated rings. The molecule has 0 aliphatic carbocycles. The molecule has 3 heterocycles. The van der Waals surface area contributed by atoms with Gasteiger partial charge in [-0.05, 0) is 42.1 Å². The van der Waals surface area contributed by atoms with E-state index in [9.17, 15) is 9.59 Å². The van der Waals surface area contributed by atoms with Gasteiger partial charge in [-0.25, -0.2) is 0 Å². The molecule has 2 amide bonds. The van der Waals surface area contributed by atoms with Gasteiger partial charge in [0, 0.05) is 18.2 Å². The van der Waals surface area contributed by atoms with Crippen LogP contribution in [-0.4, -0.2) is 41.3 Å². The van der Waals surface area contributed by atoms with Crippen LogP contribution in [0.2, 0.25) is 0 Å². The predicted molar refractivity (Wildman–Crippen MR) is 116 cm³/mol. The molecule has 3 aromatic rings. The maximum Gasteiger partial charge on any atom is 0.345 e. The van der Waals surface area contributed by atoms with Gasteiger partial charge in [-0.3, -0.25) is 9.59 Å². The van der Waals surface area contributed by atoms with Crippen molar-refractivity contribution < 1.29 is 18.7 Å². The number of aromatic nitrogens is 2. The fraction of sp³-hybridized carbons (Fsp3) is 0.0952. The number of aliphatic imine (C=N–C) groups is 1. The summed E-state index contributed by atoms with van der Waals surface area (Å²) >= 11 is 1.07. The summed E-state index contributed by atoms with van der Waals surface area (Å²) < 4.78 is 10.7. The minimum absolute atomic E-state index is 0.00450. The normalized spacial score (nSPS) is 19.2. The zero-order chi connectivity index (χ0) is 21.5. The van der Waals surface area contributed by atoms with Crippen molar-refractivity contribution in [2.45, 2.75) is 0 Å². The SMILES string of the molecule is COc1ccc(-c2nnc(/N=C3\NC(=O)/C(=C4/C(=O)N(C)c5ccccc54)S3)o2)cc1. The number of amides is 2. The van der Waals surface area contributed by atoms with Crippen molar-refractivity contribution in [3.8, 4) is 17.2 Å². The summed E-state index contributed by atoms with van der Waals surface area (Å²) in [4.78, 5) is 31.4. The number of para-hydroxylation sites is 1. The molecule has 9 nitrogen and oxygen atoms in total. The van der Waals surface area contributed by atoms with Crippen LogP contribution in [0.4, 0.5) is 11.7 Å². The van der Waals surface area contributed by atoms with E-state index in [2.05, 4.69) is 20.5 Å². The van der Waals surface area contributed by atoms with Crippen molar-refractivity contribution in [2.75, 3.05) is 19.1 Å². The Kier molecular flexibility index (Phi) is 4.55. The molecule has 31 heavy (non-hydrogen) atoms. The third-order valence-electron chi connectivity index (χ3n) is 4.85. The Morgan fingerprint density at radius 2 is 1.87 bits per heavy atom. The Bertz CT molecular complexity index is 1280. The van der Waals surface area contributed by atoms with E-state index in [0.717, 1.165) is 17.4 Å². The van der Waals surface area contributed by atoms with Crippen LogP contribution in [0.5, 0.6) is 5.75 Å². The summed E-state index contributed by atoms with van der Waals surface area (Å²) in [5.41, 5.74) is 2.54. The third-order valence-corrected chi connectivity index (χ3v) is 5.83. The number of fused-ring (bicyclic) bond motifs is 1. The summed E-state index contributed by atoms with van der Waals surface area (Å²) in [7, 11) is 3.27. The number of benzene rings is 2. The number of ether oxygens (including phenoxy) is 1. The Hall–Kier alpha value is -3.92. The van der Waals surface area contributed by atoms with Gasteiger partial charge in [-0.1, -0.05) is 23.3 Å². The maximum absolute atomic E-state index is 12.8. The van der Waals surface area contributed by atoms with Gasteiger partial charge in [0.2, 0.25) is 5.89 Å². The van der Waals surface area contributed by atoms with Gasteiger partial charge in [0.05, 0.1) is 23.3 Å². The number of methoxy groups -OCH3 is 1. The topological polar surface area (TPSA) is 110 Å². The summed E-state index contributed by atoms with van der Waals surface area (Å²) in [5, 5.41) is 10.8. The van der Waals surface area contributed by atoms with Gasteiger partial charge in [-0.15, -0.1) is 5.10 Å². The molecule has 1 saturated heterocycles. The van der Waals surface area contributed by atoms with E-state index in [1.807, 2.05) is 24.3 Å². The van der Waals surface area contributed by atoms with Crippen LogP contribution in [0.1, 0.15) is 5.56 Å². The lowest BCUT2D eigenvalue weighted by molar-refractivity contribution is -0.116. The number of likely N-dealkylation sites (N-methyl/N-ethyl adjacent to an activating group) is 1. The lowest BCUT2D eigenvalue weighted by Gasteiger charge is -2.08. The molecule has 0 atom stereocenters. The Morgan fingerprint density at radius 1 is 1.10 bits per heavy atom. The first-order valence-electron chi connectivity index (χ1n) is 9.22. The van der Waals surface area contributed by atoms with Gasteiger partial charge in [0.15, 0.2) is 5.17 Å². The highest BCUT2D eigenvalue weighted by Gasteiger charge is 2.37. The van der Waals surface area contributed by atoms with Crippen molar-refractivity contribution in [2.24, 2.45) is 4.99 Å². The van der Waals surface area contributed by atoms with Gasteiger partial charge in [0.1, 0.15) is 5.75 Å². The van der Waals surface area contributed by atoms with E-state index in [0.29, 0.717) is 22.4 Å². The average molecular weight is 433 g/mol. The zero-order valence-electron chi connectivity index (χ0n) is 16.4. The Labute approximate surface area is 180 Å². The van der Waals surface area contributed by atoms with Gasteiger partial charge < -0.3 is 19.4 Å². The van der Waals surface area contributed by atoms with Crippen molar-refractivity contribution in [3.63, 3.8) is 0 Å². The quantitative estimate of drug-likeness (QED) is 0.632. The summed E-state index contributed by atoms with van der Waals surface area (Å²) in [6, 6.07) is 14.5. The standard InChI is InChI=1S/C21H15N5O4S/c1-26-14-6-4-3-5-13(14)15(19(26)28)16-17(27)22-21(31-16)23-20-25-24-18(30-20)11-7-9-12(29-2)10-8-11/h3-10H,1-2H3,(H,22,23,25,27)/b16-15-. The number of thioether (sulfide) groups is 1. The van der Waals surface area contributed by atoms with Crippen molar-refractivity contribution in [3.05, 3.63) is 59.0 Å². The first-order chi connectivity index (χ1) is 15.0. The molecule has 0 radical (unpaired) electrons. The summed E-state index contributed by atoms with van der Waals surface area (Å²) in [5.74, 6) is 0.367. The first kappa shape index (κ1) is 19.1. The lowest BCUT2D eigenvalue weighted by atomic mass is 10.1. The lowest BCUT2D eigenvalue weighted by Crippen LogP contribution is -2.23. The van der Waals surface area contributed by atoms with Crippen molar-refractivity contribution >= 4 is 46.0 Å². The third kappa shape index (κ3) is 3.26. The van der Waals surface area contributed by atoms with Gasteiger partial charge >= 0.3 is 6.01 Å². The second kappa shape index (κ2) is 7.40. The van der Waals surface area contributed by atoms with E-state index >= 15 is 0 Å². The molecule has 0 bridgehead atoms. The molecular weight excluding hydrogens is 418 g/mol. The molecule has 10 heteroatoms. The van der Waals surface area contributed by atoms with Crippen LogP contribution in [0.3, 0.4) is 0 Å². The molecule has 2 aromatic carbocycles. The molecule has 2 aliphatic heterocycles. The maximum atomic E-state index is 12.8. The van der Waals surface area contributed by atoms with Crippen molar-refractivity contribution in [1.29, 1.82) is 0 Å². The molecule has 0 spiro atoms. The van der Waals surface area contributed by atoms with Crippen LogP contribution in [0.25, 0.3) is 17.0 Å². The predicted octanol–water partition coefficient (Wildman–Crippen LogP) is 2.98. The van der Waals surface area contributed by atoms with Crippen LogP contribution < -0.4 is 15.0 Å². The smallest absolute Gasteiger partial charge is 0.345 e. The fourth-order valence-electron chi connectivity index (χ4n) is 3.32. The highest BCUT2D eigenvalue weighted by atomic mass is 32.2. The highest BCUT2D eigenvalue weighted by molar-refractivity contribution is 8.18. The zero-order valence-corrected chi connectivity index (χ0v) is 17.3. The van der Waals surface area contributed by atoms with Gasteiger partial charge in [0.25, 0.3) is 11.8 Å². The number of amidine groups is 1. The molecule has 0 saturated carbocycles. The van der Waals surface area contributed by atoms with Crippen LogP contribution in [0.15, 0.2) is 62.8 Å². The number of hydrogen-bond donors (Lipinski definition) is 1. The molecule has 0 unspecified atom stereocenters. The van der Waals surface area contributed by atoms with E-state index in [1.54, 1.807) is 38.4 Å². The fourth-order valence-corrected chi connectivity index (χ4v) is 4.23. The molecule has 154 valence electrons. The molecule has 2 aliphatic rings. The second-order valence-corrected chi connectivity index (χ2v) is 7.68. The number of nitrogens with zero attached hydrogens (tertiary/aromatic N) is 4. The molecule has 1 N–H and O–H groups in total.